The van der Waals surface area contributed by atoms with Crippen LogP contribution in [-0.4, -0.2) is 16.9 Å². The molecule has 0 unspecified atom stereocenters. The van der Waals surface area contributed by atoms with Crippen LogP contribution in [-0.2, 0) is 4.79 Å². The molecule has 0 aromatic rings. The Hall–Kier alpha value is -0.220. The largest absolute Gasteiger partial charge is 0.289 e. The van der Waals surface area contributed by atoms with Gasteiger partial charge in [-0.3, -0.25) is 10.0 Å². The summed E-state index contributed by atoms with van der Waals surface area (Å²) in [6, 6.07) is 0. The predicted octanol–water partition coefficient (Wildman–Crippen LogP) is 10.7. The molecule has 0 aromatic heterocycles. The molecule has 0 aliphatic carbocycles. The number of hydroxylamine groups is 1. The van der Waals surface area contributed by atoms with E-state index in [2.05, 4.69) is 12.6 Å². The highest BCUT2D eigenvalue weighted by atomic mass is 32.1. The highest BCUT2D eigenvalue weighted by Crippen LogP contribution is 2.16. The van der Waals surface area contributed by atoms with Crippen LogP contribution >= 0.6 is 12.6 Å². The van der Waals surface area contributed by atoms with Crippen molar-refractivity contribution in [2.24, 2.45) is 0 Å². The summed E-state index contributed by atoms with van der Waals surface area (Å²) >= 11 is 4.27. The van der Waals surface area contributed by atoms with Gasteiger partial charge in [-0.1, -0.05) is 167 Å². The Bertz CT molecular complexity index is 405. The van der Waals surface area contributed by atoms with Crippen molar-refractivity contribution in [3.63, 3.8) is 0 Å². The Morgan fingerprint density at radius 1 is 0.400 bits per heavy atom. The standard InChI is InChI=1S/C31H63NO2S/c33-31(32-34)29-27-25-23-21-19-17-15-13-11-9-7-5-3-1-2-4-6-8-10-12-14-16-18-20-22-24-26-28-30-35/h34-35H,1-30H2,(H,32,33). The van der Waals surface area contributed by atoms with Crippen molar-refractivity contribution >= 4 is 18.5 Å². The van der Waals surface area contributed by atoms with E-state index in [0.717, 1.165) is 18.6 Å². The van der Waals surface area contributed by atoms with Crippen molar-refractivity contribution in [1.82, 2.24) is 5.48 Å². The molecule has 0 fully saturated rings. The maximum absolute atomic E-state index is 10.9. The molecular weight excluding hydrogens is 450 g/mol. The van der Waals surface area contributed by atoms with Gasteiger partial charge in [-0.05, 0) is 18.6 Å². The van der Waals surface area contributed by atoms with E-state index in [1.54, 1.807) is 5.48 Å². The summed E-state index contributed by atoms with van der Waals surface area (Å²) in [7, 11) is 0. The Morgan fingerprint density at radius 2 is 0.600 bits per heavy atom. The topological polar surface area (TPSA) is 49.3 Å². The lowest BCUT2D eigenvalue weighted by molar-refractivity contribution is -0.129. The van der Waals surface area contributed by atoms with Crippen LogP contribution in [0, 0.1) is 0 Å². The Labute approximate surface area is 225 Å². The molecule has 0 aliphatic rings. The lowest BCUT2D eigenvalue weighted by atomic mass is 10.0. The molecule has 0 heterocycles. The van der Waals surface area contributed by atoms with Gasteiger partial charge in [0.1, 0.15) is 0 Å². The minimum Gasteiger partial charge on any atom is -0.289 e. The van der Waals surface area contributed by atoms with Gasteiger partial charge in [0.15, 0.2) is 0 Å². The molecule has 210 valence electrons. The van der Waals surface area contributed by atoms with E-state index in [4.69, 9.17) is 5.21 Å². The van der Waals surface area contributed by atoms with Crippen LogP contribution < -0.4 is 5.48 Å². The number of hydrogen-bond acceptors (Lipinski definition) is 3. The first-order chi connectivity index (χ1) is 17.3. The van der Waals surface area contributed by atoms with Crippen LogP contribution in [0.5, 0.6) is 0 Å². The highest BCUT2D eigenvalue weighted by Gasteiger charge is 1.99. The zero-order valence-electron chi connectivity index (χ0n) is 23.5. The molecule has 0 radical (unpaired) electrons. The second-order valence-electron chi connectivity index (χ2n) is 10.9. The van der Waals surface area contributed by atoms with Gasteiger partial charge in [0.25, 0.3) is 0 Å². The minimum absolute atomic E-state index is 0.256. The molecule has 35 heavy (non-hydrogen) atoms. The fourth-order valence-corrected chi connectivity index (χ4v) is 5.27. The predicted molar refractivity (Wildman–Crippen MR) is 158 cm³/mol. The number of unbranched alkanes of at least 4 members (excludes halogenated alkanes) is 27. The lowest BCUT2D eigenvalue weighted by Crippen LogP contribution is -2.17. The molecule has 0 rings (SSSR count). The fourth-order valence-electron chi connectivity index (χ4n) is 5.05. The van der Waals surface area contributed by atoms with Gasteiger partial charge in [-0.2, -0.15) is 12.6 Å². The van der Waals surface area contributed by atoms with Crippen LogP contribution in [0.3, 0.4) is 0 Å². The number of carbonyl (C=O) groups is 1. The first-order valence-corrected chi connectivity index (χ1v) is 16.5. The molecular formula is C31H63NO2S. The first-order valence-electron chi connectivity index (χ1n) is 15.8. The van der Waals surface area contributed by atoms with E-state index >= 15 is 0 Å². The van der Waals surface area contributed by atoms with Crippen LogP contribution in [0.4, 0.5) is 0 Å². The van der Waals surface area contributed by atoms with Crippen molar-refractivity contribution in [1.29, 1.82) is 0 Å². The Balaban J connectivity index is 3.02. The number of hydrogen-bond donors (Lipinski definition) is 3. The molecule has 0 aliphatic heterocycles. The van der Waals surface area contributed by atoms with Gasteiger partial charge in [0, 0.05) is 6.42 Å². The van der Waals surface area contributed by atoms with Crippen LogP contribution in [0.25, 0.3) is 0 Å². The van der Waals surface area contributed by atoms with Crippen LogP contribution in [0.1, 0.15) is 186 Å². The summed E-state index contributed by atoms with van der Waals surface area (Å²) in [5.41, 5.74) is 1.70. The number of amides is 1. The molecule has 0 bridgehead atoms. The molecule has 2 N–H and O–H groups in total. The normalized spacial score (nSPS) is 11.3. The highest BCUT2D eigenvalue weighted by molar-refractivity contribution is 7.80. The summed E-state index contributed by atoms with van der Waals surface area (Å²) < 4.78 is 0. The molecule has 1 amide bonds. The van der Waals surface area contributed by atoms with Crippen LogP contribution in [0.15, 0.2) is 0 Å². The zero-order valence-corrected chi connectivity index (χ0v) is 24.4. The summed E-state index contributed by atoms with van der Waals surface area (Å²) in [6.45, 7) is 0. The quantitative estimate of drug-likeness (QED) is 0.0387. The Kier molecular flexibility index (Phi) is 31.6. The van der Waals surface area contributed by atoms with Crippen molar-refractivity contribution in [2.45, 2.75) is 186 Å². The first kappa shape index (κ1) is 34.8. The second kappa shape index (κ2) is 31.8. The van der Waals surface area contributed by atoms with Gasteiger partial charge in [-0.15, -0.1) is 0 Å². The molecule has 4 heteroatoms. The van der Waals surface area contributed by atoms with Gasteiger partial charge >= 0.3 is 0 Å². The SMILES string of the molecule is O=C(CCCCCCCCCCCCCCCCCCCCCCCCCCCCCCS)NO. The molecule has 0 aromatic carbocycles. The van der Waals surface area contributed by atoms with Gasteiger partial charge in [-0.25, -0.2) is 5.48 Å². The van der Waals surface area contributed by atoms with Crippen molar-refractivity contribution in [3.8, 4) is 0 Å². The third-order valence-corrected chi connectivity index (χ3v) is 7.75. The summed E-state index contributed by atoms with van der Waals surface area (Å²) in [5, 5.41) is 8.44. The number of thiol groups is 1. The maximum Gasteiger partial charge on any atom is 0.243 e. The second-order valence-corrected chi connectivity index (χ2v) is 11.4. The Morgan fingerprint density at radius 3 is 0.800 bits per heavy atom. The zero-order chi connectivity index (χ0) is 25.5. The third-order valence-electron chi connectivity index (χ3n) is 7.44. The number of nitrogens with one attached hydrogen (secondary N) is 1. The monoisotopic (exact) mass is 513 g/mol. The number of carbonyl (C=O) groups excluding carboxylic acids is 1. The van der Waals surface area contributed by atoms with E-state index in [1.807, 2.05) is 0 Å². The van der Waals surface area contributed by atoms with Gasteiger partial charge in [0.2, 0.25) is 5.91 Å². The molecule has 3 nitrogen and oxygen atoms in total. The van der Waals surface area contributed by atoms with Crippen molar-refractivity contribution in [3.05, 3.63) is 0 Å². The maximum atomic E-state index is 10.9. The molecule has 0 spiro atoms. The van der Waals surface area contributed by atoms with Crippen molar-refractivity contribution in [2.75, 3.05) is 5.75 Å². The van der Waals surface area contributed by atoms with E-state index in [0.29, 0.717) is 6.42 Å². The molecule has 0 saturated carbocycles. The summed E-state index contributed by atoms with van der Waals surface area (Å²) in [4.78, 5) is 10.9. The van der Waals surface area contributed by atoms with E-state index in [1.165, 1.54) is 167 Å². The van der Waals surface area contributed by atoms with Gasteiger partial charge in [0.05, 0.1) is 0 Å². The molecule has 0 saturated heterocycles. The minimum atomic E-state index is -0.256. The average molecular weight is 514 g/mol. The summed E-state index contributed by atoms with van der Waals surface area (Å²) in [5.74, 6) is 0.803. The van der Waals surface area contributed by atoms with E-state index < -0.39 is 0 Å². The number of rotatable bonds is 30. The van der Waals surface area contributed by atoms with E-state index in [9.17, 15) is 4.79 Å². The smallest absolute Gasteiger partial charge is 0.243 e. The van der Waals surface area contributed by atoms with Crippen molar-refractivity contribution < 1.29 is 10.0 Å². The van der Waals surface area contributed by atoms with E-state index in [-0.39, 0.29) is 5.91 Å². The van der Waals surface area contributed by atoms with Crippen LogP contribution in [0.2, 0.25) is 0 Å². The molecule has 0 atom stereocenters. The lowest BCUT2D eigenvalue weighted by Gasteiger charge is -2.04. The third kappa shape index (κ3) is 31.8. The fraction of sp³-hybridized carbons (Fsp3) is 0.968. The summed E-state index contributed by atoms with van der Waals surface area (Å²) in [6.07, 6.45) is 39.3. The average Bonchev–Trinajstić information content (AvgIpc) is 2.87. The van der Waals surface area contributed by atoms with Gasteiger partial charge < -0.3 is 0 Å².